The normalized spacial score (nSPS) is 10.8. The monoisotopic (exact) mass is 291 g/mol. The Kier molecular flexibility index (Phi) is 7.23. The van der Waals surface area contributed by atoms with Crippen LogP contribution in [0.1, 0.15) is 38.8 Å². The molecule has 1 aromatic rings. The molecule has 0 saturated heterocycles. The van der Waals surface area contributed by atoms with Crippen LogP contribution in [-0.2, 0) is 11.3 Å². The molecule has 0 spiro atoms. The van der Waals surface area contributed by atoms with Gasteiger partial charge in [-0.3, -0.25) is 4.79 Å². The number of nitrogens with zero attached hydrogens (tertiary/aromatic N) is 1. The van der Waals surface area contributed by atoms with Gasteiger partial charge in [-0.25, -0.2) is 0 Å². The lowest BCUT2D eigenvalue weighted by Crippen LogP contribution is -2.37. The van der Waals surface area contributed by atoms with Gasteiger partial charge in [-0.05, 0) is 44.0 Å². The van der Waals surface area contributed by atoms with Crippen LogP contribution in [-0.4, -0.2) is 31.6 Å². The largest absolute Gasteiger partial charge is 0.362 e. The molecule has 1 aromatic carbocycles. The Labute approximate surface area is 128 Å². The molecule has 0 aromatic heterocycles. The molecule has 118 valence electrons. The molecule has 21 heavy (non-hydrogen) atoms. The molecule has 0 atom stereocenters. The molecule has 1 rings (SSSR count). The van der Waals surface area contributed by atoms with Gasteiger partial charge in [0.2, 0.25) is 5.91 Å². The number of benzene rings is 1. The van der Waals surface area contributed by atoms with Crippen LogP contribution in [0.25, 0.3) is 0 Å². The highest BCUT2D eigenvalue weighted by molar-refractivity contribution is 5.81. The van der Waals surface area contributed by atoms with Gasteiger partial charge in [-0.15, -0.1) is 0 Å². The maximum absolute atomic E-state index is 11.8. The minimum absolute atomic E-state index is 0.0718. The average molecular weight is 291 g/mol. The van der Waals surface area contributed by atoms with Crippen molar-refractivity contribution in [1.82, 2.24) is 10.6 Å². The molecular formula is C17H29N3O. The van der Waals surface area contributed by atoms with Gasteiger partial charge >= 0.3 is 0 Å². The molecule has 4 nitrogen and oxygen atoms in total. The number of rotatable bonds is 8. The number of hydrogen-bond acceptors (Lipinski definition) is 3. The Morgan fingerprint density at radius 2 is 2.00 bits per heavy atom. The topological polar surface area (TPSA) is 44.4 Å². The van der Waals surface area contributed by atoms with Crippen molar-refractivity contribution in [2.24, 2.45) is 0 Å². The highest BCUT2D eigenvalue weighted by Crippen LogP contribution is 2.19. The van der Waals surface area contributed by atoms with Crippen molar-refractivity contribution < 1.29 is 4.79 Å². The summed E-state index contributed by atoms with van der Waals surface area (Å²) in [6, 6.07) is 6.90. The minimum Gasteiger partial charge on any atom is -0.362 e. The maximum atomic E-state index is 11.8. The number of amides is 1. The summed E-state index contributed by atoms with van der Waals surface area (Å²) < 4.78 is 0. The Morgan fingerprint density at radius 3 is 2.52 bits per heavy atom. The van der Waals surface area contributed by atoms with E-state index in [4.69, 9.17) is 0 Å². The molecule has 0 unspecified atom stereocenters. The van der Waals surface area contributed by atoms with Crippen LogP contribution in [0.15, 0.2) is 18.2 Å². The standard InChI is InChI=1S/C17H29N3O/c1-6-18-17(21)12-20(7-2)16-9-8-15(14(5)10-16)11-19-13(3)4/h8-10,13,19H,6-7,11-12H2,1-5H3,(H,18,21). The van der Waals surface area contributed by atoms with E-state index in [1.807, 2.05) is 6.92 Å². The molecule has 1 amide bonds. The molecule has 0 aliphatic rings. The van der Waals surface area contributed by atoms with Crippen molar-refractivity contribution in [2.75, 3.05) is 24.5 Å². The number of hydrogen-bond donors (Lipinski definition) is 2. The zero-order valence-electron chi connectivity index (χ0n) is 14.0. The lowest BCUT2D eigenvalue weighted by Gasteiger charge is -2.23. The molecule has 0 fully saturated rings. The van der Waals surface area contributed by atoms with E-state index in [1.165, 1.54) is 11.1 Å². The molecule has 0 aliphatic carbocycles. The number of nitrogens with one attached hydrogen (secondary N) is 2. The van der Waals surface area contributed by atoms with E-state index < -0.39 is 0 Å². The fraction of sp³-hybridized carbons (Fsp3) is 0.588. The summed E-state index contributed by atoms with van der Waals surface area (Å²) in [6.45, 7) is 13.2. The molecule has 4 heteroatoms. The summed E-state index contributed by atoms with van der Waals surface area (Å²) in [5.41, 5.74) is 3.67. The third kappa shape index (κ3) is 5.76. The first kappa shape index (κ1) is 17.5. The van der Waals surface area contributed by atoms with Crippen LogP contribution in [0.5, 0.6) is 0 Å². The number of anilines is 1. The molecule has 2 N–H and O–H groups in total. The van der Waals surface area contributed by atoms with Gasteiger partial charge in [0.1, 0.15) is 0 Å². The Balaban J connectivity index is 2.77. The summed E-state index contributed by atoms with van der Waals surface area (Å²) in [4.78, 5) is 13.8. The predicted molar refractivity (Wildman–Crippen MR) is 89.7 cm³/mol. The number of likely N-dealkylation sites (N-methyl/N-ethyl adjacent to an activating group) is 2. The Bertz CT molecular complexity index is 457. The zero-order valence-corrected chi connectivity index (χ0v) is 14.0. The first-order valence-electron chi connectivity index (χ1n) is 7.82. The smallest absolute Gasteiger partial charge is 0.239 e. The van der Waals surface area contributed by atoms with E-state index in [-0.39, 0.29) is 5.91 Å². The van der Waals surface area contributed by atoms with Crippen LogP contribution in [0.4, 0.5) is 5.69 Å². The summed E-state index contributed by atoms with van der Waals surface area (Å²) in [6.07, 6.45) is 0. The van der Waals surface area contributed by atoms with Crippen LogP contribution >= 0.6 is 0 Å². The highest BCUT2D eigenvalue weighted by atomic mass is 16.2. The van der Waals surface area contributed by atoms with E-state index in [0.717, 1.165) is 18.8 Å². The SMILES string of the molecule is CCNC(=O)CN(CC)c1ccc(CNC(C)C)c(C)c1. The van der Waals surface area contributed by atoms with Gasteiger partial charge in [0.15, 0.2) is 0 Å². The number of carbonyl (C=O) groups is 1. The summed E-state index contributed by atoms with van der Waals surface area (Å²) in [5.74, 6) is 0.0718. The highest BCUT2D eigenvalue weighted by Gasteiger charge is 2.10. The third-order valence-electron chi connectivity index (χ3n) is 3.48. The molecule has 0 saturated carbocycles. The first-order valence-corrected chi connectivity index (χ1v) is 7.82. The number of carbonyl (C=O) groups excluding carboxylic acids is 1. The van der Waals surface area contributed by atoms with Crippen molar-refractivity contribution >= 4 is 11.6 Å². The lowest BCUT2D eigenvalue weighted by molar-refractivity contribution is -0.119. The summed E-state index contributed by atoms with van der Waals surface area (Å²) in [7, 11) is 0. The van der Waals surface area contributed by atoms with Crippen molar-refractivity contribution in [2.45, 2.75) is 47.2 Å². The van der Waals surface area contributed by atoms with Gasteiger partial charge in [0.25, 0.3) is 0 Å². The average Bonchev–Trinajstić information content (AvgIpc) is 2.43. The number of aryl methyl sites for hydroxylation is 1. The third-order valence-corrected chi connectivity index (χ3v) is 3.48. The summed E-state index contributed by atoms with van der Waals surface area (Å²) >= 11 is 0. The van der Waals surface area contributed by atoms with E-state index in [0.29, 0.717) is 19.1 Å². The molecule has 0 aliphatic heterocycles. The van der Waals surface area contributed by atoms with Gasteiger partial charge in [-0.1, -0.05) is 19.9 Å². The van der Waals surface area contributed by atoms with Crippen LogP contribution in [0.2, 0.25) is 0 Å². The fourth-order valence-electron chi connectivity index (χ4n) is 2.20. The first-order chi connectivity index (χ1) is 9.97. The summed E-state index contributed by atoms with van der Waals surface area (Å²) in [5, 5.41) is 6.28. The maximum Gasteiger partial charge on any atom is 0.239 e. The molecule has 0 heterocycles. The van der Waals surface area contributed by atoms with E-state index >= 15 is 0 Å². The van der Waals surface area contributed by atoms with Gasteiger partial charge < -0.3 is 15.5 Å². The van der Waals surface area contributed by atoms with Crippen LogP contribution in [0.3, 0.4) is 0 Å². The Morgan fingerprint density at radius 1 is 1.29 bits per heavy atom. The van der Waals surface area contributed by atoms with E-state index in [1.54, 1.807) is 0 Å². The minimum atomic E-state index is 0.0718. The lowest BCUT2D eigenvalue weighted by atomic mass is 10.1. The van der Waals surface area contributed by atoms with E-state index in [9.17, 15) is 4.79 Å². The van der Waals surface area contributed by atoms with Gasteiger partial charge in [-0.2, -0.15) is 0 Å². The van der Waals surface area contributed by atoms with Crippen LogP contribution in [0, 0.1) is 6.92 Å². The van der Waals surface area contributed by atoms with Gasteiger partial charge in [0, 0.05) is 31.4 Å². The van der Waals surface area contributed by atoms with Crippen molar-refractivity contribution in [3.8, 4) is 0 Å². The Hall–Kier alpha value is -1.55. The fourth-order valence-corrected chi connectivity index (χ4v) is 2.20. The second-order valence-corrected chi connectivity index (χ2v) is 5.61. The molecule has 0 radical (unpaired) electrons. The predicted octanol–water partition coefficient (Wildman–Crippen LogP) is 2.46. The molecule has 0 bridgehead atoms. The second-order valence-electron chi connectivity index (χ2n) is 5.61. The van der Waals surface area contributed by atoms with Crippen LogP contribution < -0.4 is 15.5 Å². The second kappa shape index (κ2) is 8.67. The van der Waals surface area contributed by atoms with Crippen molar-refractivity contribution in [1.29, 1.82) is 0 Å². The van der Waals surface area contributed by atoms with Gasteiger partial charge in [0.05, 0.1) is 6.54 Å². The van der Waals surface area contributed by atoms with Crippen molar-refractivity contribution in [3.63, 3.8) is 0 Å². The zero-order chi connectivity index (χ0) is 15.8. The quantitative estimate of drug-likeness (QED) is 0.773. The molecular weight excluding hydrogens is 262 g/mol. The van der Waals surface area contributed by atoms with E-state index in [2.05, 4.69) is 61.4 Å². The van der Waals surface area contributed by atoms with Crippen molar-refractivity contribution in [3.05, 3.63) is 29.3 Å².